The van der Waals surface area contributed by atoms with E-state index in [1.807, 2.05) is 0 Å². The highest BCUT2D eigenvalue weighted by molar-refractivity contribution is 5.94. The maximum atomic E-state index is 10.3. The molecule has 0 bridgehead atoms. The van der Waals surface area contributed by atoms with E-state index in [4.69, 9.17) is 12.3 Å². The van der Waals surface area contributed by atoms with Gasteiger partial charge < -0.3 is 5.73 Å². The van der Waals surface area contributed by atoms with Crippen LogP contribution in [0.1, 0.15) is 13.8 Å². The molecule has 0 unspecified atom stereocenters. The van der Waals surface area contributed by atoms with Crippen molar-refractivity contribution in [1.82, 2.24) is 0 Å². The first-order valence-corrected chi connectivity index (χ1v) is 2.44. The van der Waals surface area contributed by atoms with Gasteiger partial charge in [-0.3, -0.25) is 4.79 Å². The highest BCUT2D eigenvalue weighted by atomic mass is 16.1. The molecular formula is C6H8N2O. The first-order valence-electron chi connectivity index (χ1n) is 2.44. The van der Waals surface area contributed by atoms with Gasteiger partial charge in [-0.25, -0.2) is 4.85 Å². The van der Waals surface area contributed by atoms with E-state index in [1.54, 1.807) is 13.8 Å². The molecule has 0 rings (SSSR count). The lowest BCUT2D eigenvalue weighted by atomic mass is 10.2. The van der Waals surface area contributed by atoms with E-state index in [2.05, 4.69) is 4.85 Å². The first kappa shape index (κ1) is 7.70. The summed E-state index contributed by atoms with van der Waals surface area (Å²) < 4.78 is 0. The van der Waals surface area contributed by atoms with Crippen LogP contribution in [0.3, 0.4) is 0 Å². The summed E-state index contributed by atoms with van der Waals surface area (Å²) in [5.74, 6) is -0.648. The average molecular weight is 124 g/mol. The number of nitrogens with two attached hydrogens (primary N) is 1. The zero-order chi connectivity index (χ0) is 7.44. The summed E-state index contributed by atoms with van der Waals surface area (Å²) in [5, 5.41) is 0. The summed E-state index contributed by atoms with van der Waals surface area (Å²) in [6.45, 7) is 9.84. The van der Waals surface area contributed by atoms with Crippen molar-refractivity contribution in [2.75, 3.05) is 0 Å². The van der Waals surface area contributed by atoms with Gasteiger partial charge >= 0.3 is 0 Å². The second-order valence-electron chi connectivity index (χ2n) is 1.82. The Morgan fingerprint density at radius 1 is 1.56 bits per heavy atom. The fraction of sp³-hybridized carbons (Fsp3) is 0.333. The van der Waals surface area contributed by atoms with Crippen LogP contribution in [0.25, 0.3) is 4.85 Å². The molecule has 0 saturated carbocycles. The second kappa shape index (κ2) is 2.88. The summed E-state index contributed by atoms with van der Waals surface area (Å²) >= 11 is 0. The van der Waals surface area contributed by atoms with Crippen LogP contribution in [0.15, 0.2) is 11.3 Å². The molecule has 0 aliphatic heterocycles. The lowest BCUT2D eigenvalue weighted by molar-refractivity contribution is -0.114. The minimum absolute atomic E-state index is 0.0370. The lowest BCUT2D eigenvalue weighted by Gasteiger charge is -1.91. The van der Waals surface area contributed by atoms with Gasteiger partial charge in [-0.2, -0.15) is 0 Å². The summed E-state index contributed by atoms with van der Waals surface area (Å²) in [7, 11) is 0. The Hall–Kier alpha value is -1.30. The predicted molar refractivity (Wildman–Crippen MR) is 34.2 cm³/mol. The van der Waals surface area contributed by atoms with Crippen LogP contribution in [-0.2, 0) is 4.79 Å². The smallest absolute Gasteiger partial charge is 0.248 e. The topological polar surface area (TPSA) is 47.5 Å². The van der Waals surface area contributed by atoms with E-state index in [0.29, 0.717) is 5.57 Å². The van der Waals surface area contributed by atoms with Crippen LogP contribution in [0.5, 0.6) is 0 Å². The van der Waals surface area contributed by atoms with Gasteiger partial charge in [0.05, 0.1) is 6.57 Å². The molecule has 0 fully saturated rings. The molecule has 0 saturated heterocycles. The molecule has 0 aromatic heterocycles. The number of allylic oxidation sites excluding steroid dienone is 1. The fourth-order valence-corrected chi connectivity index (χ4v) is 0.413. The van der Waals surface area contributed by atoms with Crippen molar-refractivity contribution >= 4 is 5.91 Å². The van der Waals surface area contributed by atoms with Crippen molar-refractivity contribution in [3.05, 3.63) is 22.7 Å². The molecule has 48 valence electrons. The number of hydrogen-bond acceptors (Lipinski definition) is 1. The van der Waals surface area contributed by atoms with Gasteiger partial charge in [-0.15, -0.1) is 0 Å². The monoisotopic (exact) mass is 124 g/mol. The van der Waals surface area contributed by atoms with E-state index in [0.717, 1.165) is 0 Å². The quantitative estimate of drug-likeness (QED) is 0.405. The Labute approximate surface area is 54.0 Å². The zero-order valence-corrected chi connectivity index (χ0v) is 5.43. The van der Waals surface area contributed by atoms with Gasteiger partial charge in [0, 0.05) is 0 Å². The number of carbonyl (C=O) groups is 1. The van der Waals surface area contributed by atoms with Crippen molar-refractivity contribution in [3.63, 3.8) is 0 Å². The molecule has 0 radical (unpaired) electrons. The van der Waals surface area contributed by atoms with Crippen LogP contribution in [0.2, 0.25) is 0 Å². The van der Waals surface area contributed by atoms with E-state index in [-0.39, 0.29) is 5.70 Å². The Balaban J connectivity index is 4.62. The number of carbonyl (C=O) groups excluding carboxylic acids is 1. The molecule has 1 amide bonds. The average Bonchev–Trinajstić information content (AvgIpc) is 1.64. The minimum atomic E-state index is -0.648. The van der Waals surface area contributed by atoms with E-state index in [1.165, 1.54) is 0 Å². The minimum Gasteiger partial charge on any atom is -0.375 e. The van der Waals surface area contributed by atoms with Crippen LogP contribution >= 0.6 is 0 Å². The third-order valence-electron chi connectivity index (χ3n) is 0.819. The molecule has 0 aliphatic rings. The number of amides is 1. The van der Waals surface area contributed by atoms with Crippen LogP contribution < -0.4 is 5.73 Å². The molecule has 0 aromatic rings. The Bertz CT molecular complexity index is 194. The molecule has 0 spiro atoms. The maximum absolute atomic E-state index is 10.3. The number of nitrogens with zero attached hydrogens (tertiary/aromatic N) is 1. The number of rotatable bonds is 1. The van der Waals surface area contributed by atoms with Crippen LogP contribution in [0.4, 0.5) is 0 Å². The molecule has 9 heavy (non-hydrogen) atoms. The molecule has 2 N–H and O–H groups in total. The second-order valence-corrected chi connectivity index (χ2v) is 1.82. The SMILES string of the molecule is [C-]#[N+]C(C(N)=O)=C(C)C. The molecule has 3 heteroatoms. The molecular weight excluding hydrogens is 116 g/mol. The number of hydrogen-bond donors (Lipinski definition) is 1. The molecule has 0 aliphatic carbocycles. The maximum Gasteiger partial charge on any atom is 0.248 e. The van der Waals surface area contributed by atoms with Crippen molar-refractivity contribution in [1.29, 1.82) is 0 Å². The van der Waals surface area contributed by atoms with Gasteiger partial charge in [0.25, 0.3) is 0 Å². The molecule has 0 atom stereocenters. The summed E-state index contributed by atoms with van der Waals surface area (Å²) in [4.78, 5) is 13.3. The van der Waals surface area contributed by atoms with Gasteiger partial charge in [0.2, 0.25) is 11.6 Å². The van der Waals surface area contributed by atoms with E-state index < -0.39 is 5.91 Å². The first-order chi connectivity index (χ1) is 4.09. The zero-order valence-electron chi connectivity index (χ0n) is 5.43. The molecule has 0 heterocycles. The fourth-order valence-electron chi connectivity index (χ4n) is 0.413. The van der Waals surface area contributed by atoms with Gasteiger partial charge in [-0.1, -0.05) is 19.4 Å². The van der Waals surface area contributed by atoms with Crippen LogP contribution in [-0.4, -0.2) is 5.91 Å². The van der Waals surface area contributed by atoms with Crippen molar-refractivity contribution in [2.45, 2.75) is 13.8 Å². The van der Waals surface area contributed by atoms with Crippen molar-refractivity contribution in [2.24, 2.45) is 5.73 Å². The number of primary amides is 1. The standard InChI is InChI=1S/C6H8N2O/c1-4(2)5(8-3)6(7)9/h1-2H3,(H2,7,9). The summed E-state index contributed by atoms with van der Waals surface area (Å²) in [6.07, 6.45) is 0. The van der Waals surface area contributed by atoms with E-state index in [9.17, 15) is 4.79 Å². The van der Waals surface area contributed by atoms with Gasteiger partial charge in [-0.05, 0) is 0 Å². The Morgan fingerprint density at radius 2 is 2.00 bits per heavy atom. The third kappa shape index (κ3) is 1.96. The lowest BCUT2D eigenvalue weighted by Crippen LogP contribution is -2.12. The molecule has 3 nitrogen and oxygen atoms in total. The van der Waals surface area contributed by atoms with E-state index >= 15 is 0 Å². The van der Waals surface area contributed by atoms with Crippen molar-refractivity contribution in [3.8, 4) is 0 Å². The largest absolute Gasteiger partial charge is 0.375 e. The highest BCUT2D eigenvalue weighted by Gasteiger charge is 2.04. The summed E-state index contributed by atoms with van der Waals surface area (Å²) in [6, 6.07) is 0. The highest BCUT2D eigenvalue weighted by Crippen LogP contribution is 2.02. The third-order valence-corrected chi connectivity index (χ3v) is 0.819. The predicted octanol–water partition coefficient (Wildman–Crippen LogP) is 0.685. The summed E-state index contributed by atoms with van der Waals surface area (Å²) in [5.41, 5.74) is 5.54. The van der Waals surface area contributed by atoms with Crippen molar-refractivity contribution < 1.29 is 4.79 Å². The van der Waals surface area contributed by atoms with Crippen LogP contribution in [0, 0.1) is 6.57 Å². The van der Waals surface area contributed by atoms with Gasteiger partial charge in [0.1, 0.15) is 0 Å². The Morgan fingerprint density at radius 3 is 2.00 bits per heavy atom. The molecule has 0 aromatic carbocycles. The Kier molecular flexibility index (Phi) is 2.46. The normalized spacial score (nSPS) is 7.67. The van der Waals surface area contributed by atoms with Gasteiger partial charge in [0.15, 0.2) is 0 Å².